The summed E-state index contributed by atoms with van der Waals surface area (Å²) in [6.07, 6.45) is 4.77. The molecule has 0 bridgehead atoms. The Kier molecular flexibility index (Phi) is 8.29. The first kappa shape index (κ1) is 25.0. The molecule has 35 heavy (non-hydrogen) atoms. The van der Waals surface area contributed by atoms with Crippen LogP contribution in [0.1, 0.15) is 44.6 Å². The molecule has 0 unspecified atom stereocenters. The van der Waals surface area contributed by atoms with Crippen LogP contribution in [-0.2, 0) is 19.7 Å². The normalized spacial score (nSPS) is 17.5. The maximum absolute atomic E-state index is 13.9. The second kappa shape index (κ2) is 11.6. The zero-order valence-electron chi connectivity index (χ0n) is 20.9. The molecule has 0 spiro atoms. The van der Waals surface area contributed by atoms with Crippen LogP contribution in [0.2, 0.25) is 0 Å². The Bertz CT molecular complexity index is 978. The molecule has 1 saturated carbocycles. The number of morpholine rings is 1. The van der Waals surface area contributed by atoms with Gasteiger partial charge >= 0.3 is 0 Å². The Morgan fingerprint density at radius 2 is 1.66 bits per heavy atom. The third kappa shape index (κ3) is 5.78. The molecule has 2 aromatic rings. The van der Waals surface area contributed by atoms with Gasteiger partial charge < -0.3 is 24.6 Å². The van der Waals surface area contributed by atoms with Gasteiger partial charge in [-0.05, 0) is 61.7 Å². The molecule has 7 nitrogen and oxygen atoms in total. The molecule has 1 heterocycles. The fourth-order valence-corrected chi connectivity index (χ4v) is 5.27. The molecule has 0 aromatic heterocycles. The average Bonchev–Trinajstić information content (AvgIpc) is 2.92. The van der Waals surface area contributed by atoms with E-state index in [0.717, 1.165) is 81.1 Å². The first-order valence-corrected chi connectivity index (χ1v) is 12.7. The van der Waals surface area contributed by atoms with Crippen molar-refractivity contribution in [1.82, 2.24) is 4.90 Å². The summed E-state index contributed by atoms with van der Waals surface area (Å²) in [5.74, 6) is 0.640. The Labute approximate surface area is 208 Å². The van der Waals surface area contributed by atoms with Crippen molar-refractivity contribution >= 4 is 23.2 Å². The van der Waals surface area contributed by atoms with Crippen molar-refractivity contribution in [2.75, 3.05) is 56.7 Å². The first-order chi connectivity index (χ1) is 17.1. The number of rotatable bonds is 8. The van der Waals surface area contributed by atoms with E-state index in [-0.39, 0.29) is 18.4 Å². The van der Waals surface area contributed by atoms with Gasteiger partial charge in [0.05, 0.1) is 32.3 Å². The number of carbonyl (C=O) groups is 2. The fourth-order valence-electron chi connectivity index (χ4n) is 5.27. The number of likely N-dealkylation sites (N-methyl/N-ethyl adjacent to an activating group) is 1. The number of nitrogens with one attached hydrogen (secondary N) is 1. The topological polar surface area (TPSA) is 71.1 Å². The lowest BCUT2D eigenvalue weighted by atomic mass is 9.68. The van der Waals surface area contributed by atoms with E-state index in [0.29, 0.717) is 6.54 Å². The highest BCUT2D eigenvalue weighted by Crippen LogP contribution is 2.41. The highest BCUT2D eigenvalue weighted by Gasteiger charge is 2.43. The van der Waals surface area contributed by atoms with E-state index in [1.54, 1.807) is 12.0 Å². The number of methoxy groups -OCH3 is 1. The molecule has 4 rings (SSSR count). The largest absolute Gasteiger partial charge is 0.497 e. The van der Waals surface area contributed by atoms with Crippen LogP contribution in [0.25, 0.3) is 0 Å². The van der Waals surface area contributed by atoms with Gasteiger partial charge in [-0.2, -0.15) is 0 Å². The van der Waals surface area contributed by atoms with E-state index >= 15 is 0 Å². The molecule has 1 aliphatic carbocycles. The molecule has 1 saturated heterocycles. The number of carbonyl (C=O) groups excluding carboxylic acids is 2. The number of hydrogen-bond acceptors (Lipinski definition) is 5. The molecular weight excluding hydrogens is 442 g/mol. The number of benzene rings is 2. The number of hydrogen-bond donors (Lipinski definition) is 1. The maximum Gasteiger partial charge on any atom is 0.243 e. The lowest BCUT2D eigenvalue weighted by Gasteiger charge is -2.40. The second-order valence-corrected chi connectivity index (χ2v) is 9.39. The summed E-state index contributed by atoms with van der Waals surface area (Å²) in [6.45, 7) is 5.67. The van der Waals surface area contributed by atoms with Crippen LogP contribution in [0, 0.1) is 0 Å². The van der Waals surface area contributed by atoms with Gasteiger partial charge in [0, 0.05) is 31.0 Å². The molecule has 188 valence electrons. The maximum atomic E-state index is 13.9. The van der Waals surface area contributed by atoms with Crippen LogP contribution in [0.5, 0.6) is 5.75 Å². The number of ether oxygens (including phenoxy) is 2. The molecule has 2 aromatic carbocycles. The van der Waals surface area contributed by atoms with Crippen LogP contribution in [0.3, 0.4) is 0 Å². The Hall–Kier alpha value is -3.06. The summed E-state index contributed by atoms with van der Waals surface area (Å²) in [4.78, 5) is 30.8. The van der Waals surface area contributed by atoms with Gasteiger partial charge in [0.15, 0.2) is 0 Å². The van der Waals surface area contributed by atoms with Crippen molar-refractivity contribution in [2.24, 2.45) is 0 Å². The molecule has 7 heteroatoms. The predicted molar refractivity (Wildman–Crippen MR) is 138 cm³/mol. The minimum atomic E-state index is -0.583. The first-order valence-electron chi connectivity index (χ1n) is 12.7. The second-order valence-electron chi connectivity index (χ2n) is 9.39. The third-order valence-electron chi connectivity index (χ3n) is 7.29. The van der Waals surface area contributed by atoms with Crippen molar-refractivity contribution < 1.29 is 19.1 Å². The summed E-state index contributed by atoms with van der Waals surface area (Å²) in [6, 6.07) is 15.7. The molecule has 2 amide bonds. The van der Waals surface area contributed by atoms with Crippen LogP contribution in [-0.4, -0.2) is 63.2 Å². The number of anilines is 2. The minimum Gasteiger partial charge on any atom is -0.497 e. The lowest BCUT2D eigenvalue weighted by Crippen LogP contribution is -2.50. The summed E-state index contributed by atoms with van der Waals surface area (Å²) in [5.41, 5.74) is 2.29. The summed E-state index contributed by atoms with van der Waals surface area (Å²) in [7, 11) is 1.64. The highest BCUT2D eigenvalue weighted by molar-refractivity contribution is 5.97. The molecule has 0 atom stereocenters. The van der Waals surface area contributed by atoms with E-state index in [9.17, 15) is 9.59 Å². The Morgan fingerprint density at radius 3 is 2.26 bits per heavy atom. The van der Waals surface area contributed by atoms with Crippen molar-refractivity contribution in [3.8, 4) is 5.75 Å². The zero-order valence-corrected chi connectivity index (χ0v) is 20.9. The van der Waals surface area contributed by atoms with Crippen molar-refractivity contribution in [2.45, 2.75) is 44.4 Å². The monoisotopic (exact) mass is 479 g/mol. The molecule has 1 aliphatic heterocycles. The molecule has 2 fully saturated rings. The summed E-state index contributed by atoms with van der Waals surface area (Å²) >= 11 is 0. The smallest absolute Gasteiger partial charge is 0.243 e. The summed E-state index contributed by atoms with van der Waals surface area (Å²) < 4.78 is 10.7. The molecule has 1 N–H and O–H groups in total. The third-order valence-corrected chi connectivity index (χ3v) is 7.29. The van der Waals surface area contributed by atoms with Gasteiger partial charge in [-0.1, -0.05) is 31.4 Å². The molecule has 0 radical (unpaired) electrons. The van der Waals surface area contributed by atoms with Crippen molar-refractivity contribution in [3.63, 3.8) is 0 Å². The lowest BCUT2D eigenvalue weighted by molar-refractivity contribution is -0.141. The Balaban J connectivity index is 1.43. The summed E-state index contributed by atoms with van der Waals surface area (Å²) in [5, 5.41) is 2.97. The van der Waals surface area contributed by atoms with Crippen LogP contribution >= 0.6 is 0 Å². The van der Waals surface area contributed by atoms with Gasteiger partial charge in [-0.15, -0.1) is 0 Å². The highest BCUT2D eigenvalue weighted by atomic mass is 16.5. The predicted octanol–water partition coefficient (Wildman–Crippen LogP) is 4.22. The molecule has 2 aliphatic rings. The van der Waals surface area contributed by atoms with Crippen molar-refractivity contribution in [1.29, 1.82) is 0 Å². The van der Waals surface area contributed by atoms with E-state index in [2.05, 4.69) is 10.2 Å². The van der Waals surface area contributed by atoms with Gasteiger partial charge in [0.25, 0.3) is 0 Å². The van der Waals surface area contributed by atoms with E-state index < -0.39 is 5.41 Å². The quantitative estimate of drug-likeness (QED) is 0.614. The van der Waals surface area contributed by atoms with Gasteiger partial charge in [0.1, 0.15) is 5.75 Å². The minimum absolute atomic E-state index is 0.0401. The van der Waals surface area contributed by atoms with E-state index in [4.69, 9.17) is 9.47 Å². The van der Waals surface area contributed by atoms with Crippen molar-refractivity contribution in [3.05, 3.63) is 54.1 Å². The van der Waals surface area contributed by atoms with Crippen LogP contribution < -0.4 is 15.0 Å². The van der Waals surface area contributed by atoms with E-state index in [1.807, 2.05) is 55.5 Å². The molecular formula is C28H37N3O4. The SMILES string of the molecule is CCN(CC(=O)Nc1ccc(N2CCOCC2)cc1)C(=O)C1(c2ccc(OC)cc2)CCCCC1. The Morgan fingerprint density at radius 1 is 1.00 bits per heavy atom. The van der Waals surface area contributed by atoms with Gasteiger partial charge in [-0.25, -0.2) is 0 Å². The standard InChI is InChI=1S/C28H37N3O4/c1-3-30(21-26(32)29-23-9-11-24(12-10-23)31-17-19-35-20-18-31)27(33)28(15-5-4-6-16-28)22-7-13-25(34-2)14-8-22/h7-14H,3-6,15-21H2,1-2H3,(H,29,32). The number of amides is 2. The van der Waals surface area contributed by atoms with E-state index in [1.165, 1.54) is 0 Å². The average molecular weight is 480 g/mol. The zero-order chi connectivity index (χ0) is 24.7. The van der Waals surface area contributed by atoms with Gasteiger partial charge in [-0.3, -0.25) is 9.59 Å². The van der Waals surface area contributed by atoms with Crippen LogP contribution in [0.4, 0.5) is 11.4 Å². The van der Waals surface area contributed by atoms with Crippen LogP contribution in [0.15, 0.2) is 48.5 Å². The number of nitrogens with zero attached hydrogens (tertiary/aromatic N) is 2. The van der Waals surface area contributed by atoms with Gasteiger partial charge in [0.2, 0.25) is 11.8 Å². The fraction of sp³-hybridized carbons (Fsp3) is 0.500.